The molecule has 1 heterocycles. The van der Waals surface area contributed by atoms with E-state index in [4.69, 9.17) is 5.11 Å². The van der Waals surface area contributed by atoms with Gasteiger partial charge in [-0.2, -0.15) is 13.2 Å². The van der Waals surface area contributed by atoms with Crippen molar-refractivity contribution in [2.24, 2.45) is 11.8 Å². The average molecular weight is 337 g/mol. The molecular weight excluding hydrogens is 319 g/mol. The lowest BCUT2D eigenvalue weighted by molar-refractivity contribution is -0.188. The van der Waals surface area contributed by atoms with Crippen LogP contribution in [0, 0.1) is 11.8 Å². The molecule has 3 amide bonds. The molecule has 130 valence electrons. The highest BCUT2D eigenvalue weighted by Gasteiger charge is 2.53. The maximum atomic E-state index is 12.9. The van der Waals surface area contributed by atoms with E-state index in [-0.39, 0.29) is 6.54 Å². The van der Waals surface area contributed by atoms with E-state index in [1.165, 1.54) is 13.0 Å². The van der Waals surface area contributed by atoms with Crippen LogP contribution in [0.2, 0.25) is 0 Å². The summed E-state index contributed by atoms with van der Waals surface area (Å²) < 4.78 is 38.7. The van der Waals surface area contributed by atoms with Crippen LogP contribution < -0.4 is 10.6 Å². The molecule has 0 aromatic carbocycles. The van der Waals surface area contributed by atoms with Gasteiger partial charge in [-0.15, -0.1) is 6.58 Å². The van der Waals surface area contributed by atoms with Crippen molar-refractivity contribution in [3.8, 4) is 0 Å². The summed E-state index contributed by atoms with van der Waals surface area (Å²) in [4.78, 5) is 35.3. The minimum Gasteiger partial charge on any atom is -0.481 e. The molecule has 3 atom stereocenters. The van der Waals surface area contributed by atoms with E-state index in [1.54, 1.807) is 0 Å². The highest BCUT2D eigenvalue weighted by atomic mass is 19.4. The van der Waals surface area contributed by atoms with Gasteiger partial charge in [-0.05, 0) is 6.92 Å². The minimum absolute atomic E-state index is 0.119. The second kappa shape index (κ2) is 7.44. The SMILES string of the molecule is C=CCNC(=O)NC(=O)C(C)N1C[C@@H](C(F)(F)F)[C@H](C(=O)O)C1. The van der Waals surface area contributed by atoms with Crippen molar-refractivity contribution in [3.05, 3.63) is 12.7 Å². The molecule has 0 aromatic heterocycles. The number of amides is 3. The number of imide groups is 1. The summed E-state index contributed by atoms with van der Waals surface area (Å²) in [6.45, 7) is 3.78. The third-order valence-electron chi connectivity index (χ3n) is 3.66. The van der Waals surface area contributed by atoms with E-state index in [2.05, 4.69) is 11.9 Å². The Labute approximate surface area is 130 Å². The van der Waals surface area contributed by atoms with Crippen LogP contribution in [0.25, 0.3) is 0 Å². The normalized spacial score (nSPS) is 23.1. The predicted octanol–water partition coefficient (Wildman–Crippen LogP) is 0.582. The molecule has 10 heteroatoms. The molecule has 1 rings (SSSR count). The van der Waals surface area contributed by atoms with Crippen molar-refractivity contribution in [2.75, 3.05) is 19.6 Å². The van der Waals surface area contributed by atoms with Gasteiger partial charge in [-0.25, -0.2) is 4.79 Å². The Morgan fingerprint density at radius 1 is 1.39 bits per heavy atom. The molecule has 1 aliphatic rings. The van der Waals surface area contributed by atoms with Crippen molar-refractivity contribution in [1.82, 2.24) is 15.5 Å². The Morgan fingerprint density at radius 2 is 2.00 bits per heavy atom. The summed E-state index contributed by atoms with van der Waals surface area (Å²) >= 11 is 0. The van der Waals surface area contributed by atoms with Gasteiger partial charge in [0.15, 0.2) is 0 Å². The Kier molecular flexibility index (Phi) is 6.13. The molecular formula is C13H18F3N3O4. The molecule has 0 spiro atoms. The van der Waals surface area contributed by atoms with Crippen LogP contribution in [0.15, 0.2) is 12.7 Å². The van der Waals surface area contributed by atoms with Gasteiger partial charge in [0.1, 0.15) is 0 Å². The molecule has 23 heavy (non-hydrogen) atoms. The number of carbonyl (C=O) groups is 3. The number of carboxylic acids is 1. The average Bonchev–Trinajstić information content (AvgIpc) is 2.89. The summed E-state index contributed by atoms with van der Waals surface area (Å²) in [7, 11) is 0. The number of hydrogen-bond acceptors (Lipinski definition) is 4. The van der Waals surface area contributed by atoms with Gasteiger partial charge in [0, 0.05) is 19.6 Å². The van der Waals surface area contributed by atoms with Crippen LogP contribution >= 0.6 is 0 Å². The first-order valence-corrected chi connectivity index (χ1v) is 6.81. The fraction of sp³-hybridized carbons (Fsp3) is 0.615. The first-order valence-electron chi connectivity index (χ1n) is 6.81. The lowest BCUT2D eigenvalue weighted by Gasteiger charge is -2.23. The lowest BCUT2D eigenvalue weighted by atomic mass is 9.96. The van der Waals surface area contributed by atoms with Gasteiger partial charge < -0.3 is 10.4 Å². The monoisotopic (exact) mass is 337 g/mol. The molecule has 0 saturated carbocycles. The highest BCUT2D eigenvalue weighted by molar-refractivity contribution is 5.96. The van der Waals surface area contributed by atoms with E-state index in [9.17, 15) is 27.6 Å². The Balaban J connectivity index is 2.71. The molecule has 1 saturated heterocycles. The van der Waals surface area contributed by atoms with Crippen LogP contribution in [0.1, 0.15) is 6.92 Å². The first kappa shape index (κ1) is 18.9. The lowest BCUT2D eigenvalue weighted by Crippen LogP contribution is -2.49. The van der Waals surface area contributed by atoms with Gasteiger partial charge in [-0.1, -0.05) is 6.08 Å². The van der Waals surface area contributed by atoms with E-state index in [0.29, 0.717) is 0 Å². The molecule has 7 nitrogen and oxygen atoms in total. The quantitative estimate of drug-likeness (QED) is 0.638. The van der Waals surface area contributed by atoms with Crippen molar-refractivity contribution in [3.63, 3.8) is 0 Å². The summed E-state index contributed by atoms with van der Waals surface area (Å²) in [5.74, 6) is -6.06. The van der Waals surface area contributed by atoms with Gasteiger partial charge in [0.25, 0.3) is 0 Å². The summed E-state index contributed by atoms with van der Waals surface area (Å²) in [6, 6.07) is -1.87. The van der Waals surface area contributed by atoms with Crippen LogP contribution in [-0.2, 0) is 9.59 Å². The van der Waals surface area contributed by atoms with Gasteiger partial charge in [0.05, 0.1) is 17.9 Å². The van der Waals surface area contributed by atoms with Crippen molar-refractivity contribution in [1.29, 1.82) is 0 Å². The van der Waals surface area contributed by atoms with Crippen molar-refractivity contribution in [2.45, 2.75) is 19.1 Å². The van der Waals surface area contributed by atoms with Gasteiger partial charge >= 0.3 is 18.2 Å². The minimum atomic E-state index is -4.67. The number of nitrogens with zero attached hydrogens (tertiary/aromatic N) is 1. The zero-order valence-electron chi connectivity index (χ0n) is 12.4. The maximum Gasteiger partial charge on any atom is 0.393 e. The Bertz CT molecular complexity index is 495. The third kappa shape index (κ3) is 4.95. The summed E-state index contributed by atoms with van der Waals surface area (Å²) in [5, 5.41) is 13.2. The van der Waals surface area contributed by atoms with Crippen LogP contribution in [0.3, 0.4) is 0 Å². The van der Waals surface area contributed by atoms with Crippen molar-refractivity contribution >= 4 is 17.9 Å². The number of nitrogens with one attached hydrogen (secondary N) is 2. The number of rotatable bonds is 5. The fourth-order valence-corrected chi connectivity index (χ4v) is 2.32. The molecule has 1 unspecified atom stereocenters. The number of halogens is 3. The second-order valence-corrected chi connectivity index (χ2v) is 5.21. The van der Waals surface area contributed by atoms with Crippen LogP contribution in [0.4, 0.5) is 18.0 Å². The van der Waals surface area contributed by atoms with E-state index in [0.717, 1.165) is 4.90 Å². The van der Waals surface area contributed by atoms with Crippen molar-refractivity contribution < 1.29 is 32.7 Å². The summed E-state index contributed by atoms with van der Waals surface area (Å²) in [5.41, 5.74) is 0. The molecule has 0 radical (unpaired) electrons. The predicted molar refractivity (Wildman–Crippen MR) is 73.4 cm³/mol. The van der Waals surface area contributed by atoms with E-state index >= 15 is 0 Å². The number of carboxylic acid groups (broad SMARTS) is 1. The molecule has 0 aliphatic carbocycles. The third-order valence-corrected chi connectivity index (χ3v) is 3.66. The van der Waals surface area contributed by atoms with Gasteiger partial charge in [0.2, 0.25) is 5.91 Å². The molecule has 0 bridgehead atoms. The highest BCUT2D eigenvalue weighted by Crippen LogP contribution is 2.38. The van der Waals surface area contributed by atoms with E-state index < -0.39 is 55.1 Å². The molecule has 1 fully saturated rings. The second-order valence-electron chi connectivity index (χ2n) is 5.21. The number of carbonyl (C=O) groups excluding carboxylic acids is 2. The van der Waals surface area contributed by atoms with Crippen LogP contribution in [0.5, 0.6) is 0 Å². The Hall–Kier alpha value is -2.10. The Morgan fingerprint density at radius 3 is 2.43 bits per heavy atom. The number of urea groups is 1. The molecule has 0 aromatic rings. The first-order chi connectivity index (χ1) is 10.6. The number of likely N-dealkylation sites (tertiary alicyclic amines) is 1. The number of alkyl halides is 3. The summed E-state index contributed by atoms with van der Waals surface area (Å²) in [6.07, 6.45) is -3.28. The van der Waals surface area contributed by atoms with Crippen LogP contribution in [-0.4, -0.2) is 59.8 Å². The number of hydrogen-bond donors (Lipinski definition) is 3. The fourth-order valence-electron chi connectivity index (χ4n) is 2.32. The zero-order chi connectivity index (χ0) is 17.8. The molecule has 1 aliphatic heterocycles. The smallest absolute Gasteiger partial charge is 0.393 e. The molecule has 3 N–H and O–H groups in total. The topological polar surface area (TPSA) is 98.7 Å². The maximum absolute atomic E-state index is 12.9. The largest absolute Gasteiger partial charge is 0.481 e. The van der Waals surface area contributed by atoms with E-state index in [1.807, 2.05) is 5.32 Å². The van der Waals surface area contributed by atoms with Gasteiger partial charge in [-0.3, -0.25) is 19.8 Å². The number of aliphatic carboxylic acids is 1. The zero-order valence-corrected chi connectivity index (χ0v) is 12.4. The standard InChI is InChI=1S/C13H18F3N3O4/c1-3-4-17-12(23)18-10(20)7(2)19-5-8(11(21)22)9(6-19)13(14,15)16/h3,7-9H,1,4-6H2,2H3,(H,21,22)(H2,17,18,20,23)/t7?,8-,9-/m1/s1.